The van der Waals surface area contributed by atoms with Gasteiger partial charge in [0, 0.05) is 18.2 Å². The smallest absolute Gasteiger partial charge is 0.410 e. The molecule has 6 nitrogen and oxygen atoms in total. The van der Waals surface area contributed by atoms with Gasteiger partial charge in [-0.3, -0.25) is 4.79 Å². The Hall–Kier alpha value is -1.67. The summed E-state index contributed by atoms with van der Waals surface area (Å²) in [7, 11) is 0. The summed E-state index contributed by atoms with van der Waals surface area (Å²) in [6.45, 7) is 2.47. The van der Waals surface area contributed by atoms with E-state index < -0.39 is 17.4 Å². The molecular weight excluding hydrogens is 383 g/mol. The first-order chi connectivity index (χ1) is 11.4. The Morgan fingerprint density at radius 3 is 3.12 bits per heavy atom. The molecule has 24 heavy (non-hydrogen) atoms. The summed E-state index contributed by atoms with van der Waals surface area (Å²) in [4.78, 5) is 25.5. The first-order valence-electron chi connectivity index (χ1n) is 7.65. The van der Waals surface area contributed by atoms with Gasteiger partial charge in [0.2, 0.25) is 5.91 Å². The average Bonchev–Trinajstić information content (AvgIpc) is 2.84. The van der Waals surface area contributed by atoms with Crippen molar-refractivity contribution in [1.29, 1.82) is 0 Å². The molecule has 130 valence electrons. The van der Waals surface area contributed by atoms with Crippen LogP contribution in [-0.2, 0) is 20.9 Å². The molecule has 2 heterocycles. The lowest BCUT2D eigenvalue weighted by Gasteiger charge is -2.33. The van der Waals surface area contributed by atoms with Crippen LogP contribution in [0.25, 0.3) is 0 Å². The number of benzene rings is 1. The number of amides is 2. The SMILES string of the molecule is CC1CC2(COCC(=O)N2)CN1C(=O)OCc1cccc(Br)c1F. The van der Waals surface area contributed by atoms with E-state index in [4.69, 9.17) is 9.47 Å². The van der Waals surface area contributed by atoms with Crippen molar-refractivity contribution in [1.82, 2.24) is 10.2 Å². The van der Waals surface area contributed by atoms with Crippen LogP contribution in [0, 0.1) is 5.82 Å². The number of hydrogen-bond acceptors (Lipinski definition) is 4. The highest BCUT2D eigenvalue weighted by molar-refractivity contribution is 9.10. The van der Waals surface area contributed by atoms with Gasteiger partial charge in [-0.05, 0) is 35.3 Å². The molecule has 2 atom stereocenters. The second-order valence-corrected chi connectivity index (χ2v) is 7.12. The predicted octanol–water partition coefficient (Wildman–Crippen LogP) is 2.20. The van der Waals surface area contributed by atoms with Crippen LogP contribution in [0.2, 0.25) is 0 Å². The van der Waals surface area contributed by atoms with Crippen LogP contribution in [0.15, 0.2) is 22.7 Å². The number of carbonyl (C=O) groups is 2. The first-order valence-corrected chi connectivity index (χ1v) is 8.44. The van der Waals surface area contributed by atoms with Gasteiger partial charge in [-0.1, -0.05) is 12.1 Å². The zero-order valence-corrected chi connectivity index (χ0v) is 14.8. The number of rotatable bonds is 2. The summed E-state index contributed by atoms with van der Waals surface area (Å²) in [5, 5.41) is 2.92. The lowest BCUT2D eigenvalue weighted by molar-refractivity contribution is -0.134. The fraction of sp³-hybridized carbons (Fsp3) is 0.500. The molecule has 2 aliphatic heterocycles. The third kappa shape index (κ3) is 3.39. The Kier molecular flexibility index (Phi) is 4.78. The van der Waals surface area contributed by atoms with E-state index in [-0.39, 0.29) is 25.2 Å². The van der Waals surface area contributed by atoms with Crippen molar-refractivity contribution in [3.05, 3.63) is 34.1 Å². The molecular formula is C16H18BrFN2O4. The molecule has 2 amide bonds. The molecule has 0 saturated carbocycles. The van der Waals surface area contributed by atoms with Crippen molar-refractivity contribution < 1.29 is 23.5 Å². The highest BCUT2D eigenvalue weighted by atomic mass is 79.9. The fourth-order valence-corrected chi connectivity index (χ4v) is 3.66. The highest BCUT2D eigenvalue weighted by Crippen LogP contribution is 2.30. The number of hydrogen-bond donors (Lipinski definition) is 1. The van der Waals surface area contributed by atoms with Crippen molar-refractivity contribution in [3.63, 3.8) is 0 Å². The van der Waals surface area contributed by atoms with Gasteiger partial charge in [0.15, 0.2) is 0 Å². The number of morpholine rings is 1. The Labute approximate surface area is 147 Å². The van der Waals surface area contributed by atoms with E-state index in [1.54, 1.807) is 23.1 Å². The van der Waals surface area contributed by atoms with Gasteiger partial charge in [-0.25, -0.2) is 9.18 Å². The van der Waals surface area contributed by atoms with E-state index in [1.807, 2.05) is 6.92 Å². The first kappa shape index (κ1) is 17.2. The molecule has 2 saturated heterocycles. The number of nitrogens with zero attached hydrogens (tertiary/aromatic N) is 1. The lowest BCUT2D eigenvalue weighted by Crippen LogP contribution is -2.58. The normalized spacial score (nSPS) is 26.5. The largest absolute Gasteiger partial charge is 0.444 e. The van der Waals surface area contributed by atoms with Crippen LogP contribution in [0.3, 0.4) is 0 Å². The Balaban J connectivity index is 1.63. The number of halogens is 2. The van der Waals surface area contributed by atoms with Crippen LogP contribution in [0.4, 0.5) is 9.18 Å². The Morgan fingerprint density at radius 1 is 1.58 bits per heavy atom. The van der Waals surface area contributed by atoms with Crippen molar-refractivity contribution in [2.45, 2.75) is 31.5 Å². The highest BCUT2D eigenvalue weighted by Gasteiger charge is 2.47. The molecule has 1 spiro atoms. The van der Waals surface area contributed by atoms with Crippen LogP contribution in [0.5, 0.6) is 0 Å². The van der Waals surface area contributed by atoms with Crippen LogP contribution in [0.1, 0.15) is 18.9 Å². The van der Waals surface area contributed by atoms with Crippen molar-refractivity contribution in [3.8, 4) is 0 Å². The maximum absolute atomic E-state index is 13.9. The standard InChI is InChI=1S/C16H18BrFN2O4/c1-10-5-16(9-23-7-13(21)19-16)8-20(10)15(22)24-6-11-3-2-4-12(17)14(11)18/h2-4,10H,5-9H2,1H3,(H,19,21). The zero-order valence-electron chi connectivity index (χ0n) is 13.2. The van der Waals surface area contributed by atoms with Gasteiger partial charge in [0.05, 0.1) is 16.6 Å². The maximum atomic E-state index is 13.9. The predicted molar refractivity (Wildman–Crippen MR) is 86.8 cm³/mol. The van der Waals surface area contributed by atoms with Gasteiger partial charge in [0.25, 0.3) is 0 Å². The molecule has 0 radical (unpaired) electrons. The molecule has 1 N–H and O–H groups in total. The van der Waals surface area contributed by atoms with Gasteiger partial charge in [0.1, 0.15) is 19.0 Å². The van der Waals surface area contributed by atoms with Crippen LogP contribution in [-0.4, -0.2) is 48.2 Å². The minimum atomic E-state index is -0.561. The molecule has 3 rings (SSSR count). The number of carbonyl (C=O) groups excluding carboxylic acids is 2. The fourth-order valence-electron chi connectivity index (χ4n) is 3.25. The summed E-state index contributed by atoms with van der Waals surface area (Å²) < 4.78 is 24.8. The second kappa shape index (κ2) is 6.68. The van der Waals surface area contributed by atoms with Crippen molar-refractivity contribution in [2.75, 3.05) is 19.8 Å². The summed E-state index contributed by atoms with van der Waals surface area (Å²) >= 11 is 3.10. The summed E-state index contributed by atoms with van der Waals surface area (Å²) in [5.74, 6) is -0.621. The third-order valence-corrected chi connectivity index (χ3v) is 4.94. The molecule has 2 unspecified atom stereocenters. The van der Waals surface area contributed by atoms with E-state index in [9.17, 15) is 14.0 Å². The van der Waals surface area contributed by atoms with Crippen LogP contribution < -0.4 is 5.32 Å². The topological polar surface area (TPSA) is 67.9 Å². The quantitative estimate of drug-likeness (QED) is 0.826. The molecule has 1 aromatic carbocycles. The van der Waals surface area contributed by atoms with Gasteiger partial charge < -0.3 is 19.7 Å². The lowest BCUT2D eigenvalue weighted by atomic mass is 9.96. The molecule has 0 aromatic heterocycles. The molecule has 8 heteroatoms. The second-order valence-electron chi connectivity index (χ2n) is 6.27. The van der Waals surface area contributed by atoms with Crippen molar-refractivity contribution >= 4 is 27.9 Å². The van der Waals surface area contributed by atoms with Gasteiger partial charge >= 0.3 is 6.09 Å². The molecule has 1 aromatic rings. The summed E-state index contributed by atoms with van der Waals surface area (Å²) in [6.07, 6.45) is 0.0672. The monoisotopic (exact) mass is 400 g/mol. The van der Waals surface area contributed by atoms with E-state index in [1.165, 1.54) is 0 Å². The number of likely N-dealkylation sites (tertiary alicyclic amines) is 1. The summed E-state index contributed by atoms with van der Waals surface area (Å²) in [6, 6.07) is 4.72. The molecule has 2 aliphatic rings. The van der Waals surface area contributed by atoms with Crippen molar-refractivity contribution in [2.24, 2.45) is 0 Å². The minimum absolute atomic E-state index is 0.0444. The Bertz CT molecular complexity index is 671. The average molecular weight is 401 g/mol. The molecule has 2 fully saturated rings. The van der Waals surface area contributed by atoms with Crippen LogP contribution >= 0.6 is 15.9 Å². The third-order valence-electron chi connectivity index (χ3n) is 4.32. The van der Waals surface area contributed by atoms with E-state index in [0.29, 0.717) is 29.6 Å². The van der Waals surface area contributed by atoms with Gasteiger partial charge in [-0.15, -0.1) is 0 Å². The molecule has 0 bridgehead atoms. The molecule has 0 aliphatic carbocycles. The van der Waals surface area contributed by atoms with E-state index in [2.05, 4.69) is 21.2 Å². The van der Waals surface area contributed by atoms with Gasteiger partial charge in [-0.2, -0.15) is 0 Å². The zero-order chi connectivity index (χ0) is 17.3. The summed E-state index contributed by atoms with van der Waals surface area (Å²) in [5.41, 5.74) is -0.261. The number of ether oxygens (including phenoxy) is 2. The minimum Gasteiger partial charge on any atom is -0.444 e. The van der Waals surface area contributed by atoms with E-state index in [0.717, 1.165) is 0 Å². The Morgan fingerprint density at radius 2 is 2.38 bits per heavy atom. The maximum Gasteiger partial charge on any atom is 0.410 e. The van der Waals surface area contributed by atoms with E-state index >= 15 is 0 Å². The number of nitrogens with one attached hydrogen (secondary N) is 1.